The third-order valence-corrected chi connectivity index (χ3v) is 5.69. The molecule has 0 saturated carbocycles. The Morgan fingerprint density at radius 2 is 2.17 bits per heavy atom. The van der Waals surface area contributed by atoms with Gasteiger partial charge < -0.3 is 4.90 Å². The molecule has 4 rings (SSSR count). The molecule has 0 radical (unpaired) electrons. The molecular weight excluding hydrogens is 320 g/mol. The second-order valence-electron chi connectivity index (χ2n) is 6.30. The van der Waals surface area contributed by atoms with Crippen molar-refractivity contribution in [2.24, 2.45) is 0 Å². The molecule has 1 aromatic carbocycles. The summed E-state index contributed by atoms with van der Waals surface area (Å²) in [6.07, 6.45) is 1.94. The van der Waals surface area contributed by atoms with E-state index in [1.54, 1.807) is 6.07 Å². The highest BCUT2D eigenvalue weighted by atomic mass is 32.1. The van der Waals surface area contributed by atoms with Crippen LogP contribution >= 0.6 is 11.3 Å². The van der Waals surface area contributed by atoms with E-state index in [4.69, 9.17) is 0 Å². The third kappa shape index (κ3) is 2.60. The molecule has 1 aliphatic heterocycles. The lowest BCUT2D eigenvalue weighted by Crippen LogP contribution is -2.31. The number of aromatic nitrogens is 3. The molecule has 0 N–H and O–H groups in total. The molecule has 24 heavy (non-hydrogen) atoms. The molecular formula is C18H20N4OS. The summed E-state index contributed by atoms with van der Waals surface area (Å²) in [5.74, 6) is 0.576. The number of fused-ring (bicyclic) bond motifs is 2. The van der Waals surface area contributed by atoms with Gasteiger partial charge in [-0.05, 0) is 30.4 Å². The summed E-state index contributed by atoms with van der Waals surface area (Å²) in [6, 6.07) is 10.2. The zero-order valence-corrected chi connectivity index (χ0v) is 14.7. The van der Waals surface area contributed by atoms with Gasteiger partial charge in [-0.15, -0.1) is 0 Å². The van der Waals surface area contributed by atoms with Crippen LogP contribution in [-0.4, -0.2) is 21.1 Å². The van der Waals surface area contributed by atoms with Gasteiger partial charge in [0.15, 0.2) is 0 Å². The van der Waals surface area contributed by atoms with Crippen LogP contribution in [0.15, 0.2) is 35.1 Å². The van der Waals surface area contributed by atoms with Gasteiger partial charge in [0.1, 0.15) is 5.01 Å². The molecule has 5 nitrogen and oxygen atoms in total. The Morgan fingerprint density at radius 1 is 1.33 bits per heavy atom. The van der Waals surface area contributed by atoms with Crippen LogP contribution in [0.4, 0.5) is 5.69 Å². The second kappa shape index (κ2) is 6.02. The van der Waals surface area contributed by atoms with Crippen molar-refractivity contribution in [3.63, 3.8) is 0 Å². The molecule has 0 bridgehead atoms. The lowest BCUT2D eigenvalue weighted by molar-refractivity contribution is 0.605. The van der Waals surface area contributed by atoms with Gasteiger partial charge in [-0.1, -0.05) is 43.4 Å². The Balaban J connectivity index is 1.70. The zero-order chi connectivity index (χ0) is 16.7. The van der Waals surface area contributed by atoms with E-state index in [1.165, 1.54) is 27.1 Å². The minimum Gasteiger partial charge on any atom is -0.365 e. The van der Waals surface area contributed by atoms with E-state index < -0.39 is 0 Å². The first-order valence-corrected chi connectivity index (χ1v) is 9.20. The molecule has 6 heteroatoms. The first kappa shape index (κ1) is 15.3. The number of para-hydroxylation sites is 1. The fraction of sp³-hybridized carbons (Fsp3) is 0.389. The molecule has 0 aliphatic carbocycles. The van der Waals surface area contributed by atoms with E-state index in [0.29, 0.717) is 17.4 Å². The van der Waals surface area contributed by atoms with Crippen molar-refractivity contribution >= 4 is 22.0 Å². The molecule has 3 heterocycles. The van der Waals surface area contributed by atoms with Crippen molar-refractivity contribution in [3.05, 3.63) is 57.0 Å². The summed E-state index contributed by atoms with van der Waals surface area (Å²) in [7, 11) is 0. The minimum absolute atomic E-state index is 0.0930. The van der Waals surface area contributed by atoms with Gasteiger partial charge in [0.2, 0.25) is 4.96 Å². The number of hydrogen-bond acceptors (Lipinski definition) is 5. The van der Waals surface area contributed by atoms with Gasteiger partial charge in [0, 0.05) is 18.3 Å². The highest BCUT2D eigenvalue weighted by Gasteiger charge is 2.22. The Kier molecular flexibility index (Phi) is 3.84. The van der Waals surface area contributed by atoms with Crippen LogP contribution in [-0.2, 0) is 13.0 Å². The Morgan fingerprint density at radius 3 is 3.00 bits per heavy atom. The summed E-state index contributed by atoms with van der Waals surface area (Å²) in [6.45, 7) is 5.96. The standard InChI is InChI=1S/C18H20N4OS/c1-3-16-20-22-17(23)10-13(19-18(22)24-16)11-21-9-8-12(2)14-6-4-5-7-15(14)21/h4-7,10,12H,3,8-9,11H2,1-2H3. The van der Waals surface area contributed by atoms with E-state index in [9.17, 15) is 4.79 Å². The number of benzene rings is 1. The van der Waals surface area contributed by atoms with Crippen molar-refractivity contribution in [2.75, 3.05) is 11.4 Å². The van der Waals surface area contributed by atoms with Gasteiger partial charge in [0.25, 0.3) is 5.56 Å². The largest absolute Gasteiger partial charge is 0.365 e. The molecule has 1 aliphatic rings. The molecule has 0 saturated heterocycles. The molecule has 1 unspecified atom stereocenters. The molecule has 2 aromatic heterocycles. The SMILES string of the molecule is CCc1nn2c(=O)cc(CN3CCC(C)c4ccccc43)nc2s1. The van der Waals surface area contributed by atoms with Crippen LogP contribution in [0.2, 0.25) is 0 Å². The van der Waals surface area contributed by atoms with E-state index >= 15 is 0 Å². The number of nitrogens with zero attached hydrogens (tertiary/aromatic N) is 4. The fourth-order valence-electron chi connectivity index (χ4n) is 3.30. The maximum absolute atomic E-state index is 12.3. The average molecular weight is 340 g/mol. The van der Waals surface area contributed by atoms with Gasteiger partial charge >= 0.3 is 0 Å². The van der Waals surface area contributed by atoms with Crippen LogP contribution in [0.1, 0.15) is 42.5 Å². The lowest BCUT2D eigenvalue weighted by Gasteiger charge is -2.34. The lowest BCUT2D eigenvalue weighted by atomic mass is 9.91. The van der Waals surface area contributed by atoms with E-state index in [0.717, 1.165) is 30.1 Å². The van der Waals surface area contributed by atoms with Crippen molar-refractivity contribution in [3.8, 4) is 0 Å². The number of anilines is 1. The van der Waals surface area contributed by atoms with Crippen LogP contribution in [0.25, 0.3) is 4.96 Å². The van der Waals surface area contributed by atoms with Crippen molar-refractivity contribution in [1.82, 2.24) is 14.6 Å². The summed E-state index contributed by atoms with van der Waals surface area (Å²) in [5.41, 5.74) is 3.37. The number of aryl methyl sites for hydroxylation is 1. The van der Waals surface area contributed by atoms with E-state index in [-0.39, 0.29) is 5.56 Å². The zero-order valence-electron chi connectivity index (χ0n) is 13.9. The summed E-state index contributed by atoms with van der Waals surface area (Å²) in [5, 5.41) is 5.25. The monoisotopic (exact) mass is 340 g/mol. The first-order chi connectivity index (χ1) is 11.7. The van der Waals surface area contributed by atoms with Crippen LogP contribution in [0.3, 0.4) is 0 Å². The molecule has 1 atom stereocenters. The Bertz CT molecular complexity index is 946. The van der Waals surface area contributed by atoms with E-state index in [1.807, 2.05) is 6.92 Å². The smallest absolute Gasteiger partial charge is 0.275 e. The number of rotatable bonds is 3. The molecule has 0 amide bonds. The van der Waals surface area contributed by atoms with Gasteiger partial charge in [-0.2, -0.15) is 9.61 Å². The Labute approximate surface area is 144 Å². The predicted octanol–water partition coefficient (Wildman–Crippen LogP) is 3.23. The van der Waals surface area contributed by atoms with Gasteiger partial charge in [0.05, 0.1) is 12.2 Å². The topological polar surface area (TPSA) is 50.5 Å². The highest BCUT2D eigenvalue weighted by Crippen LogP contribution is 2.35. The first-order valence-electron chi connectivity index (χ1n) is 8.38. The molecule has 124 valence electrons. The maximum atomic E-state index is 12.3. The fourth-order valence-corrected chi connectivity index (χ4v) is 4.15. The van der Waals surface area contributed by atoms with Crippen molar-refractivity contribution < 1.29 is 0 Å². The minimum atomic E-state index is -0.0930. The van der Waals surface area contributed by atoms with E-state index in [2.05, 4.69) is 46.2 Å². The molecule has 3 aromatic rings. The van der Waals surface area contributed by atoms with Crippen molar-refractivity contribution in [1.29, 1.82) is 0 Å². The van der Waals surface area contributed by atoms with Gasteiger partial charge in [-0.3, -0.25) is 4.79 Å². The quantitative estimate of drug-likeness (QED) is 0.734. The third-order valence-electron chi connectivity index (χ3n) is 4.64. The average Bonchev–Trinajstić information content (AvgIpc) is 3.02. The highest BCUT2D eigenvalue weighted by molar-refractivity contribution is 7.16. The summed E-state index contributed by atoms with van der Waals surface area (Å²) < 4.78 is 1.42. The molecule has 0 spiro atoms. The number of hydrogen-bond donors (Lipinski definition) is 0. The van der Waals surface area contributed by atoms with Crippen LogP contribution < -0.4 is 10.5 Å². The molecule has 0 fully saturated rings. The Hall–Kier alpha value is -2.21. The van der Waals surface area contributed by atoms with Crippen LogP contribution in [0, 0.1) is 0 Å². The normalized spacial score (nSPS) is 17.2. The second-order valence-corrected chi connectivity index (χ2v) is 7.34. The van der Waals surface area contributed by atoms with Crippen molar-refractivity contribution in [2.45, 2.75) is 39.2 Å². The summed E-state index contributed by atoms with van der Waals surface area (Å²) >= 11 is 1.50. The van der Waals surface area contributed by atoms with Crippen LogP contribution in [0.5, 0.6) is 0 Å². The van der Waals surface area contributed by atoms with Gasteiger partial charge in [-0.25, -0.2) is 4.98 Å². The predicted molar refractivity (Wildman–Crippen MR) is 97.0 cm³/mol. The summed E-state index contributed by atoms with van der Waals surface area (Å²) in [4.78, 5) is 20.0. The maximum Gasteiger partial charge on any atom is 0.275 e.